The molecule has 2 saturated heterocycles. The molecule has 2 aromatic heterocycles. The lowest BCUT2D eigenvalue weighted by atomic mass is 10.2. The van der Waals surface area contributed by atoms with Crippen molar-refractivity contribution in [2.75, 3.05) is 5.32 Å². The molecule has 0 radical (unpaired) electrons. The number of nitrogens with zero attached hydrogens (tertiary/aromatic N) is 4. The van der Waals surface area contributed by atoms with Gasteiger partial charge in [0.15, 0.2) is 34.4 Å². The monoisotopic (exact) mass is 449 g/mol. The molecule has 2 aliphatic heterocycles. The molecule has 0 amide bonds. The summed E-state index contributed by atoms with van der Waals surface area (Å²) in [5.41, 5.74) is 1.58. The van der Waals surface area contributed by atoms with E-state index in [2.05, 4.69) is 20.3 Å². The third kappa shape index (κ3) is 3.53. The molecule has 0 spiro atoms. The van der Waals surface area contributed by atoms with Gasteiger partial charge in [0.25, 0.3) is 0 Å². The van der Waals surface area contributed by atoms with Gasteiger partial charge in [0, 0.05) is 18.6 Å². The highest BCUT2D eigenvalue weighted by Gasteiger charge is 2.56. The van der Waals surface area contributed by atoms with Gasteiger partial charge < -0.3 is 24.1 Å². The molecule has 3 aromatic rings. The van der Waals surface area contributed by atoms with Crippen LogP contribution >= 0.6 is 23.6 Å². The molecule has 158 valence electrons. The highest BCUT2D eigenvalue weighted by molar-refractivity contribution is 7.94. The zero-order valence-electron chi connectivity index (χ0n) is 16.2. The molecule has 9 nitrogen and oxygen atoms in total. The Hall–Kier alpha value is -1.95. The first-order valence-electron chi connectivity index (χ1n) is 9.44. The predicted octanol–water partition coefficient (Wildman–Crippen LogP) is 3.67. The maximum atomic E-state index is 9.65. The number of imidazole rings is 1. The first-order chi connectivity index (χ1) is 14.4. The van der Waals surface area contributed by atoms with Gasteiger partial charge in [0.2, 0.25) is 5.28 Å². The van der Waals surface area contributed by atoms with E-state index in [0.29, 0.717) is 35.6 Å². The van der Waals surface area contributed by atoms with Crippen LogP contribution in [0.5, 0.6) is 0 Å². The fraction of sp³-hybridized carbons (Fsp3) is 0.421. The maximum Gasteiger partial charge on any atom is 0.226 e. The van der Waals surface area contributed by atoms with Crippen LogP contribution in [0.2, 0.25) is 5.28 Å². The Morgan fingerprint density at radius 2 is 1.97 bits per heavy atom. The van der Waals surface area contributed by atoms with Crippen LogP contribution in [0.25, 0.3) is 11.2 Å². The molecule has 30 heavy (non-hydrogen) atoms. The molecule has 0 aliphatic carbocycles. The second-order valence-electron chi connectivity index (χ2n) is 7.57. The van der Waals surface area contributed by atoms with Crippen molar-refractivity contribution in [3.63, 3.8) is 0 Å². The Morgan fingerprint density at radius 1 is 1.20 bits per heavy atom. The number of rotatable bonds is 5. The largest absolute Gasteiger partial charge is 0.364 e. The number of halogens is 1. The SMILES string of the molecule is CC1(C)O[C@@H]2[C@H](O1)[C@@H](SO)O[C@H]2n1cnc2c(NCc3ccccc3)nc(Cl)nc21. The van der Waals surface area contributed by atoms with E-state index >= 15 is 0 Å². The van der Waals surface area contributed by atoms with Crippen LogP contribution in [0.3, 0.4) is 0 Å². The summed E-state index contributed by atoms with van der Waals surface area (Å²) in [5.74, 6) is -0.254. The normalized spacial score (nSPS) is 27.5. The van der Waals surface area contributed by atoms with Gasteiger partial charge in [-0.3, -0.25) is 4.57 Å². The van der Waals surface area contributed by atoms with Crippen LogP contribution < -0.4 is 5.32 Å². The third-order valence-electron chi connectivity index (χ3n) is 5.06. The molecule has 5 rings (SSSR count). The van der Waals surface area contributed by atoms with Crippen molar-refractivity contribution >= 4 is 40.6 Å². The van der Waals surface area contributed by atoms with Gasteiger partial charge in [0.05, 0.1) is 6.33 Å². The number of hydrogen-bond donors (Lipinski definition) is 2. The molecule has 4 heterocycles. The van der Waals surface area contributed by atoms with E-state index in [1.54, 1.807) is 10.9 Å². The van der Waals surface area contributed by atoms with Crippen molar-refractivity contribution in [1.29, 1.82) is 0 Å². The molecule has 11 heteroatoms. The Morgan fingerprint density at radius 3 is 2.73 bits per heavy atom. The number of nitrogens with one attached hydrogen (secondary N) is 1. The average molecular weight is 450 g/mol. The average Bonchev–Trinajstić information content (AvgIpc) is 3.37. The lowest BCUT2D eigenvalue weighted by Crippen LogP contribution is -2.27. The smallest absolute Gasteiger partial charge is 0.226 e. The first kappa shape index (κ1) is 20.0. The quantitative estimate of drug-likeness (QED) is 0.446. The Bertz CT molecular complexity index is 1070. The molecule has 2 N–H and O–H groups in total. The highest BCUT2D eigenvalue weighted by atomic mass is 35.5. The van der Waals surface area contributed by atoms with E-state index in [4.69, 9.17) is 25.8 Å². The standard InChI is InChI=1S/C19H20ClN5O4S/c1-19(2)28-12-13(29-19)17(30-26)27-16(12)25-9-22-11-14(23-18(20)24-15(11)25)21-8-10-6-4-3-5-7-10/h3-7,9,12-13,16-17,26H,8H2,1-2H3,(H,21,23,24)/t12-,13+,16-,17-/m1/s1. The maximum absolute atomic E-state index is 9.65. The summed E-state index contributed by atoms with van der Waals surface area (Å²) in [6.07, 6.45) is 0.172. The van der Waals surface area contributed by atoms with E-state index in [1.807, 2.05) is 44.2 Å². The molecule has 4 atom stereocenters. The Labute approximate surface area is 181 Å². The minimum atomic E-state index is -0.781. The number of ether oxygens (including phenoxy) is 3. The molecular weight excluding hydrogens is 430 g/mol. The summed E-state index contributed by atoms with van der Waals surface area (Å²) in [6.45, 7) is 4.23. The minimum Gasteiger partial charge on any atom is -0.364 e. The lowest BCUT2D eigenvalue weighted by Gasteiger charge is -2.23. The fourth-order valence-electron chi connectivity index (χ4n) is 3.83. The highest BCUT2D eigenvalue weighted by Crippen LogP contribution is 2.46. The van der Waals surface area contributed by atoms with Crippen LogP contribution in [0.1, 0.15) is 25.6 Å². The van der Waals surface area contributed by atoms with E-state index in [-0.39, 0.29) is 5.28 Å². The van der Waals surface area contributed by atoms with Crippen molar-refractivity contribution in [3.05, 3.63) is 47.5 Å². The van der Waals surface area contributed by atoms with E-state index < -0.39 is 29.7 Å². The van der Waals surface area contributed by atoms with Gasteiger partial charge in [-0.05, 0) is 31.0 Å². The summed E-state index contributed by atoms with van der Waals surface area (Å²) in [6, 6.07) is 9.95. The van der Waals surface area contributed by atoms with Gasteiger partial charge in [-0.25, -0.2) is 4.98 Å². The molecule has 1 aromatic carbocycles. The van der Waals surface area contributed by atoms with E-state index in [0.717, 1.165) is 5.56 Å². The summed E-state index contributed by atoms with van der Waals surface area (Å²) in [4.78, 5) is 13.2. The van der Waals surface area contributed by atoms with E-state index in [1.165, 1.54) is 0 Å². The number of aromatic nitrogens is 4. The van der Waals surface area contributed by atoms with Crippen LogP contribution in [0.15, 0.2) is 36.7 Å². The van der Waals surface area contributed by atoms with Gasteiger partial charge in [-0.1, -0.05) is 30.3 Å². The van der Waals surface area contributed by atoms with Gasteiger partial charge in [0.1, 0.15) is 12.2 Å². The second kappa shape index (κ2) is 7.63. The predicted molar refractivity (Wildman–Crippen MR) is 112 cm³/mol. The van der Waals surface area contributed by atoms with E-state index in [9.17, 15) is 4.55 Å². The molecule has 0 bridgehead atoms. The van der Waals surface area contributed by atoms with Crippen molar-refractivity contribution in [2.45, 2.75) is 50.1 Å². The zero-order valence-corrected chi connectivity index (χ0v) is 17.8. The number of fused-ring (bicyclic) bond motifs is 2. The summed E-state index contributed by atoms with van der Waals surface area (Å²) < 4.78 is 29.4. The van der Waals surface area contributed by atoms with Gasteiger partial charge in [-0.15, -0.1) is 0 Å². The molecule has 2 fully saturated rings. The zero-order chi connectivity index (χ0) is 20.9. The number of hydrogen-bond acceptors (Lipinski definition) is 9. The third-order valence-corrected chi connectivity index (χ3v) is 5.82. The first-order valence-corrected chi connectivity index (χ1v) is 10.7. The van der Waals surface area contributed by atoms with Crippen LogP contribution in [0, 0.1) is 0 Å². The summed E-state index contributed by atoms with van der Waals surface area (Å²) in [5, 5.41) is 3.37. The van der Waals surface area contributed by atoms with Crippen LogP contribution in [-0.2, 0) is 20.8 Å². The van der Waals surface area contributed by atoms with Crippen molar-refractivity contribution in [2.24, 2.45) is 0 Å². The molecular formula is C19H20ClN5O4S. The van der Waals surface area contributed by atoms with Crippen molar-refractivity contribution < 1.29 is 18.8 Å². The minimum absolute atomic E-state index is 0.0892. The van der Waals surface area contributed by atoms with Gasteiger partial charge >= 0.3 is 0 Å². The molecule has 2 aliphatic rings. The van der Waals surface area contributed by atoms with Crippen LogP contribution in [-0.4, -0.2) is 47.5 Å². The Balaban J connectivity index is 1.48. The summed E-state index contributed by atoms with van der Waals surface area (Å²) in [7, 11) is 0. The second-order valence-corrected chi connectivity index (χ2v) is 8.58. The Kier molecular flexibility index (Phi) is 5.08. The topological polar surface area (TPSA) is 104 Å². The molecule has 0 unspecified atom stereocenters. The summed E-state index contributed by atoms with van der Waals surface area (Å²) >= 11 is 6.81. The van der Waals surface area contributed by atoms with Crippen molar-refractivity contribution in [1.82, 2.24) is 19.5 Å². The fourth-order valence-corrected chi connectivity index (χ4v) is 4.49. The molecule has 0 saturated carbocycles. The lowest BCUT2D eigenvalue weighted by molar-refractivity contribution is -0.187. The number of anilines is 1. The van der Waals surface area contributed by atoms with Gasteiger partial charge in [-0.2, -0.15) is 9.97 Å². The number of benzene rings is 1. The van der Waals surface area contributed by atoms with Crippen molar-refractivity contribution in [3.8, 4) is 0 Å². The van der Waals surface area contributed by atoms with Crippen LogP contribution in [0.4, 0.5) is 5.82 Å².